The number of aromatic hydroxyl groups is 1. The number of esters is 1. The molecule has 0 saturated carbocycles. The predicted molar refractivity (Wildman–Crippen MR) is 109 cm³/mol. The maximum atomic E-state index is 14.3. The van der Waals surface area contributed by atoms with Crippen LogP contribution in [0.3, 0.4) is 0 Å². The number of carbonyl (C=O) groups excluding carboxylic acids is 1. The van der Waals surface area contributed by atoms with Crippen LogP contribution in [0, 0.1) is 11.6 Å². The zero-order valence-corrected chi connectivity index (χ0v) is 16.1. The summed E-state index contributed by atoms with van der Waals surface area (Å²) < 4.78 is 34.1. The van der Waals surface area contributed by atoms with Crippen molar-refractivity contribution in [1.29, 1.82) is 0 Å². The highest BCUT2D eigenvalue weighted by Gasteiger charge is 2.49. The molecule has 0 amide bonds. The lowest BCUT2D eigenvalue weighted by atomic mass is 9.79. The maximum absolute atomic E-state index is 14.3. The second-order valence-corrected chi connectivity index (χ2v) is 7.48. The van der Waals surface area contributed by atoms with Crippen molar-refractivity contribution < 1.29 is 23.4 Å². The van der Waals surface area contributed by atoms with Crippen LogP contribution < -0.4 is 0 Å². The van der Waals surface area contributed by atoms with E-state index in [-0.39, 0.29) is 10.6 Å². The van der Waals surface area contributed by atoms with Gasteiger partial charge in [0.05, 0.1) is 10.6 Å². The molecule has 1 atom stereocenters. The number of benzene rings is 4. The summed E-state index contributed by atoms with van der Waals surface area (Å²) in [6.07, 6.45) is 0. The Balaban J connectivity index is 1.90. The summed E-state index contributed by atoms with van der Waals surface area (Å²) in [6, 6.07) is 18.7. The summed E-state index contributed by atoms with van der Waals surface area (Å²) in [7, 11) is 0. The Bertz CT molecular complexity index is 1300. The number of hydrogen-bond acceptors (Lipinski definition) is 3. The number of carbonyl (C=O) groups is 1. The van der Waals surface area contributed by atoms with Crippen molar-refractivity contribution in [2.45, 2.75) is 5.60 Å². The molecule has 0 fully saturated rings. The summed E-state index contributed by atoms with van der Waals surface area (Å²) in [4.78, 5) is 13.1. The molecule has 0 radical (unpaired) electrons. The predicted octanol–water partition coefficient (Wildman–Crippen LogP) is 5.94. The second kappa shape index (κ2) is 6.54. The smallest absolute Gasteiger partial charge is 0.340 e. The molecule has 0 aliphatic carbocycles. The van der Waals surface area contributed by atoms with E-state index in [0.29, 0.717) is 22.1 Å². The number of rotatable bonds is 2. The summed E-state index contributed by atoms with van der Waals surface area (Å²) in [5.74, 6) is -2.62. The number of hydrogen-bond donors (Lipinski definition) is 1. The third-order valence-corrected chi connectivity index (χ3v) is 5.73. The van der Waals surface area contributed by atoms with Crippen molar-refractivity contribution >= 4 is 28.3 Å². The van der Waals surface area contributed by atoms with Crippen LogP contribution in [-0.2, 0) is 10.3 Å². The molecule has 1 heterocycles. The first kappa shape index (κ1) is 18.6. The van der Waals surface area contributed by atoms with Crippen molar-refractivity contribution in [1.82, 2.24) is 0 Å². The first-order valence-corrected chi connectivity index (χ1v) is 9.49. The molecule has 4 aromatic rings. The summed E-state index contributed by atoms with van der Waals surface area (Å²) in [5.41, 5.74) is -0.0901. The molecule has 0 bridgehead atoms. The van der Waals surface area contributed by atoms with Gasteiger partial charge in [-0.1, -0.05) is 60.1 Å². The van der Waals surface area contributed by atoms with E-state index < -0.39 is 29.0 Å². The van der Waals surface area contributed by atoms with Crippen LogP contribution in [0.2, 0.25) is 5.02 Å². The third-order valence-electron chi connectivity index (χ3n) is 5.44. The maximum Gasteiger partial charge on any atom is 0.340 e. The van der Waals surface area contributed by atoms with Crippen LogP contribution >= 0.6 is 11.6 Å². The number of fused-ring (bicyclic) bond motifs is 3. The number of phenolic OH excluding ortho intramolecular Hbond substituents is 1. The normalized spacial score (nSPS) is 17.8. The molecular weight excluding hydrogens is 410 g/mol. The zero-order chi connectivity index (χ0) is 21.0. The van der Waals surface area contributed by atoms with Crippen LogP contribution in [0.15, 0.2) is 72.8 Å². The fourth-order valence-corrected chi connectivity index (χ4v) is 4.25. The molecule has 1 aliphatic heterocycles. The van der Waals surface area contributed by atoms with Gasteiger partial charge in [-0.05, 0) is 35.0 Å². The quantitative estimate of drug-likeness (QED) is 0.407. The van der Waals surface area contributed by atoms with E-state index in [1.54, 1.807) is 12.1 Å². The van der Waals surface area contributed by atoms with Gasteiger partial charge >= 0.3 is 5.97 Å². The van der Waals surface area contributed by atoms with E-state index in [4.69, 9.17) is 16.3 Å². The molecule has 3 nitrogen and oxygen atoms in total. The zero-order valence-electron chi connectivity index (χ0n) is 15.3. The van der Waals surface area contributed by atoms with Crippen LogP contribution in [0.1, 0.15) is 27.0 Å². The molecular formula is C24H13ClF2O3. The molecule has 1 aliphatic rings. The average Bonchev–Trinajstić information content (AvgIpc) is 3.06. The van der Waals surface area contributed by atoms with E-state index in [1.807, 2.05) is 24.3 Å². The molecule has 4 aromatic carbocycles. The van der Waals surface area contributed by atoms with Gasteiger partial charge in [-0.25, -0.2) is 13.6 Å². The Kier molecular flexibility index (Phi) is 4.05. The minimum absolute atomic E-state index is 0.156. The number of cyclic esters (lactones) is 1. The fraction of sp³-hybridized carbons (Fsp3) is 0.0417. The van der Waals surface area contributed by atoms with Crippen molar-refractivity contribution in [3.8, 4) is 5.75 Å². The molecule has 0 spiro atoms. The van der Waals surface area contributed by atoms with Crippen LogP contribution in [0.5, 0.6) is 5.75 Å². The summed E-state index contributed by atoms with van der Waals surface area (Å²) in [5, 5.41) is 11.0. The van der Waals surface area contributed by atoms with Crippen LogP contribution in [-0.4, -0.2) is 11.1 Å². The summed E-state index contributed by atoms with van der Waals surface area (Å²) in [6.45, 7) is 0. The largest absolute Gasteiger partial charge is 0.505 e. The van der Waals surface area contributed by atoms with Crippen LogP contribution in [0.25, 0.3) is 10.8 Å². The molecule has 30 heavy (non-hydrogen) atoms. The topological polar surface area (TPSA) is 46.5 Å². The molecule has 5 rings (SSSR count). The molecule has 148 valence electrons. The van der Waals surface area contributed by atoms with Gasteiger partial charge in [0.2, 0.25) is 0 Å². The van der Waals surface area contributed by atoms with Gasteiger partial charge in [-0.2, -0.15) is 0 Å². The van der Waals surface area contributed by atoms with Gasteiger partial charge in [-0.15, -0.1) is 0 Å². The van der Waals surface area contributed by atoms with E-state index >= 15 is 0 Å². The van der Waals surface area contributed by atoms with Crippen molar-refractivity contribution in [3.63, 3.8) is 0 Å². The average molecular weight is 423 g/mol. The number of ether oxygens (including phenoxy) is 1. The highest BCUT2D eigenvalue weighted by atomic mass is 35.5. The first-order chi connectivity index (χ1) is 14.4. The third kappa shape index (κ3) is 2.52. The van der Waals surface area contributed by atoms with Gasteiger partial charge in [0.15, 0.2) is 17.2 Å². The molecule has 1 N–H and O–H groups in total. The SMILES string of the molecule is O=C1OC(c2ccc(O)c(F)c2)(c2ccc(F)c(Cl)c2)c2ccc3ccccc3c21. The minimum Gasteiger partial charge on any atom is -0.505 e. The van der Waals surface area contributed by atoms with E-state index in [1.165, 1.54) is 30.3 Å². The Morgan fingerprint density at radius 3 is 2.37 bits per heavy atom. The molecule has 0 aromatic heterocycles. The van der Waals surface area contributed by atoms with Gasteiger partial charge in [0, 0.05) is 16.7 Å². The first-order valence-electron chi connectivity index (χ1n) is 9.12. The van der Waals surface area contributed by atoms with Gasteiger partial charge in [0.25, 0.3) is 0 Å². The number of phenols is 1. The highest BCUT2D eigenvalue weighted by molar-refractivity contribution is 6.30. The molecule has 1 unspecified atom stereocenters. The lowest BCUT2D eigenvalue weighted by Gasteiger charge is -2.30. The van der Waals surface area contributed by atoms with E-state index in [2.05, 4.69) is 0 Å². The minimum atomic E-state index is -1.55. The monoisotopic (exact) mass is 422 g/mol. The summed E-state index contributed by atoms with van der Waals surface area (Å²) >= 11 is 6.03. The van der Waals surface area contributed by atoms with Crippen molar-refractivity contribution in [2.75, 3.05) is 0 Å². The van der Waals surface area contributed by atoms with Crippen molar-refractivity contribution in [2.24, 2.45) is 0 Å². The Morgan fingerprint density at radius 2 is 1.60 bits per heavy atom. The standard InChI is InChI=1S/C24H13ClF2O3/c25-18-11-14(6-9-19(18)26)24(15-7-10-21(28)20(27)12-15)17-8-5-13-3-1-2-4-16(13)22(17)23(29)30-24/h1-12,28H. The van der Waals surface area contributed by atoms with E-state index in [0.717, 1.165) is 11.5 Å². The van der Waals surface area contributed by atoms with Gasteiger partial charge < -0.3 is 9.84 Å². The Labute approximate surface area is 175 Å². The van der Waals surface area contributed by atoms with Gasteiger partial charge in [0.1, 0.15) is 5.82 Å². The van der Waals surface area contributed by atoms with Crippen LogP contribution in [0.4, 0.5) is 8.78 Å². The second-order valence-electron chi connectivity index (χ2n) is 7.08. The van der Waals surface area contributed by atoms with Gasteiger partial charge in [-0.3, -0.25) is 0 Å². The number of halogens is 3. The lowest BCUT2D eigenvalue weighted by molar-refractivity contribution is 0.0251. The van der Waals surface area contributed by atoms with E-state index in [9.17, 15) is 18.7 Å². The molecule has 6 heteroatoms. The Hall–Kier alpha value is -3.44. The molecule has 0 saturated heterocycles. The highest BCUT2D eigenvalue weighted by Crippen LogP contribution is 2.49. The van der Waals surface area contributed by atoms with Crippen molar-refractivity contribution in [3.05, 3.63) is 112 Å². The Morgan fingerprint density at radius 1 is 0.867 bits per heavy atom. The fourth-order valence-electron chi connectivity index (χ4n) is 4.07. The lowest BCUT2D eigenvalue weighted by Crippen LogP contribution is -2.29.